The van der Waals surface area contributed by atoms with Crippen molar-refractivity contribution in [1.82, 2.24) is 9.78 Å². The van der Waals surface area contributed by atoms with Gasteiger partial charge in [0, 0.05) is 19.2 Å². The Morgan fingerprint density at radius 1 is 1.47 bits per heavy atom. The zero-order valence-corrected chi connectivity index (χ0v) is 10.4. The molecule has 3 atom stereocenters. The topological polar surface area (TPSA) is 34.9 Å². The molecule has 0 spiro atoms. The molecule has 2 bridgehead atoms. The lowest BCUT2D eigenvalue weighted by atomic mass is 9.85. The molecule has 2 aliphatic carbocycles. The Hall–Kier alpha value is -1.12. The number of hydrogen-bond donors (Lipinski definition) is 0. The van der Waals surface area contributed by atoms with E-state index in [4.69, 9.17) is 0 Å². The van der Waals surface area contributed by atoms with Gasteiger partial charge in [-0.2, -0.15) is 5.10 Å². The van der Waals surface area contributed by atoms with Gasteiger partial charge in [0.05, 0.1) is 0 Å². The third-order valence-electron chi connectivity index (χ3n) is 4.63. The maximum Gasteiger partial charge on any atom is 0.181 e. The number of hydrogen-bond acceptors (Lipinski definition) is 2. The Labute approximate surface area is 102 Å². The van der Waals surface area contributed by atoms with E-state index in [1.165, 1.54) is 25.7 Å². The Bertz CT molecular complexity index is 424. The van der Waals surface area contributed by atoms with E-state index >= 15 is 0 Å². The predicted octanol–water partition coefficient (Wildman–Crippen LogP) is 2.91. The van der Waals surface area contributed by atoms with Crippen LogP contribution in [0.1, 0.15) is 49.5 Å². The first-order valence-corrected chi connectivity index (χ1v) is 6.83. The quantitative estimate of drug-likeness (QED) is 0.748. The highest BCUT2D eigenvalue weighted by Crippen LogP contribution is 2.49. The Morgan fingerprint density at radius 3 is 3.00 bits per heavy atom. The number of carbonyl (C=O) groups excluding carboxylic acids is 1. The molecule has 0 amide bonds. The highest BCUT2D eigenvalue weighted by atomic mass is 16.1. The second-order valence-corrected chi connectivity index (χ2v) is 5.59. The summed E-state index contributed by atoms with van der Waals surface area (Å²) in [7, 11) is 0. The molecule has 0 saturated heterocycles. The van der Waals surface area contributed by atoms with Crippen LogP contribution in [0.15, 0.2) is 12.3 Å². The molecule has 17 heavy (non-hydrogen) atoms. The zero-order valence-electron chi connectivity index (χ0n) is 10.4. The van der Waals surface area contributed by atoms with E-state index in [0.29, 0.717) is 11.7 Å². The molecule has 1 aromatic heterocycles. The van der Waals surface area contributed by atoms with Gasteiger partial charge < -0.3 is 0 Å². The Balaban J connectivity index is 1.68. The average Bonchev–Trinajstić information content (AvgIpc) is 3.04. The van der Waals surface area contributed by atoms with Gasteiger partial charge in [0.15, 0.2) is 5.78 Å². The third-order valence-corrected chi connectivity index (χ3v) is 4.63. The van der Waals surface area contributed by atoms with Crippen LogP contribution in [0.3, 0.4) is 0 Å². The molecule has 3 nitrogen and oxygen atoms in total. The van der Waals surface area contributed by atoms with Gasteiger partial charge in [0.25, 0.3) is 0 Å². The van der Waals surface area contributed by atoms with Gasteiger partial charge >= 0.3 is 0 Å². The fourth-order valence-corrected chi connectivity index (χ4v) is 3.79. The fourth-order valence-electron chi connectivity index (χ4n) is 3.79. The minimum atomic E-state index is 0.293. The van der Waals surface area contributed by atoms with Crippen LogP contribution in [0.2, 0.25) is 0 Å². The van der Waals surface area contributed by atoms with Crippen molar-refractivity contribution >= 4 is 5.78 Å². The van der Waals surface area contributed by atoms with Crippen molar-refractivity contribution in [3.63, 3.8) is 0 Å². The van der Waals surface area contributed by atoms with E-state index in [1.807, 2.05) is 17.7 Å². The molecule has 2 aliphatic rings. The van der Waals surface area contributed by atoms with Crippen molar-refractivity contribution in [2.24, 2.45) is 17.8 Å². The summed E-state index contributed by atoms with van der Waals surface area (Å²) in [5, 5.41) is 4.17. The lowest BCUT2D eigenvalue weighted by Crippen LogP contribution is -2.17. The molecule has 1 heterocycles. The van der Waals surface area contributed by atoms with Crippen LogP contribution in [0.5, 0.6) is 0 Å². The lowest BCUT2D eigenvalue weighted by molar-refractivity contribution is 0.0933. The lowest BCUT2D eigenvalue weighted by Gasteiger charge is -2.20. The molecular weight excluding hydrogens is 212 g/mol. The number of ketones is 1. The van der Waals surface area contributed by atoms with E-state index < -0.39 is 0 Å². The number of aryl methyl sites for hydroxylation is 1. The van der Waals surface area contributed by atoms with E-state index in [2.05, 4.69) is 5.10 Å². The summed E-state index contributed by atoms with van der Waals surface area (Å²) >= 11 is 0. The summed E-state index contributed by atoms with van der Waals surface area (Å²) in [5.74, 6) is 2.71. The highest BCUT2D eigenvalue weighted by Gasteiger charge is 2.40. The largest absolute Gasteiger partial charge is 0.292 e. The third kappa shape index (κ3) is 1.92. The van der Waals surface area contributed by atoms with Gasteiger partial charge in [0.1, 0.15) is 5.69 Å². The molecule has 1 aromatic rings. The van der Waals surface area contributed by atoms with Crippen LogP contribution >= 0.6 is 0 Å². The van der Waals surface area contributed by atoms with E-state index in [-0.39, 0.29) is 0 Å². The minimum Gasteiger partial charge on any atom is -0.292 e. The van der Waals surface area contributed by atoms with Crippen LogP contribution in [0, 0.1) is 17.8 Å². The van der Waals surface area contributed by atoms with E-state index in [9.17, 15) is 4.79 Å². The van der Waals surface area contributed by atoms with Gasteiger partial charge in [-0.15, -0.1) is 0 Å². The van der Waals surface area contributed by atoms with Crippen molar-refractivity contribution in [2.45, 2.75) is 45.6 Å². The maximum absolute atomic E-state index is 12.3. The molecule has 92 valence electrons. The van der Waals surface area contributed by atoms with Crippen LogP contribution in [0.4, 0.5) is 0 Å². The van der Waals surface area contributed by atoms with Crippen molar-refractivity contribution in [2.75, 3.05) is 0 Å². The summed E-state index contributed by atoms with van der Waals surface area (Å²) in [6.07, 6.45) is 7.91. The number of rotatable bonds is 4. The van der Waals surface area contributed by atoms with Gasteiger partial charge in [0.2, 0.25) is 0 Å². The smallest absolute Gasteiger partial charge is 0.181 e. The highest BCUT2D eigenvalue weighted by molar-refractivity contribution is 5.94. The molecule has 2 saturated carbocycles. The Kier molecular flexibility index (Phi) is 2.77. The SMILES string of the molecule is CCn1nccc1C(=O)CC1CC2CCC1C2. The number of Topliss-reactive ketones (excluding diaryl/α,β-unsaturated/α-hetero) is 1. The van der Waals surface area contributed by atoms with Crippen molar-refractivity contribution in [3.8, 4) is 0 Å². The van der Waals surface area contributed by atoms with Crippen molar-refractivity contribution in [3.05, 3.63) is 18.0 Å². The molecule has 0 aromatic carbocycles. The molecular formula is C14H20N2O. The molecule has 3 rings (SSSR count). The molecule has 3 unspecified atom stereocenters. The van der Waals surface area contributed by atoms with Crippen LogP contribution in [-0.2, 0) is 6.54 Å². The zero-order chi connectivity index (χ0) is 11.8. The summed E-state index contributed by atoms with van der Waals surface area (Å²) in [6.45, 7) is 2.81. The number of nitrogens with zero attached hydrogens (tertiary/aromatic N) is 2. The molecule has 0 aliphatic heterocycles. The van der Waals surface area contributed by atoms with E-state index in [0.717, 1.165) is 30.5 Å². The first-order chi connectivity index (χ1) is 8.28. The van der Waals surface area contributed by atoms with Crippen LogP contribution in [0.25, 0.3) is 0 Å². The number of fused-ring (bicyclic) bond motifs is 2. The Morgan fingerprint density at radius 2 is 2.35 bits per heavy atom. The molecule has 3 heteroatoms. The van der Waals surface area contributed by atoms with E-state index in [1.54, 1.807) is 6.20 Å². The minimum absolute atomic E-state index is 0.293. The van der Waals surface area contributed by atoms with Crippen molar-refractivity contribution < 1.29 is 4.79 Å². The summed E-state index contributed by atoms with van der Waals surface area (Å²) in [6, 6.07) is 1.86. The predicted molar refractivity (Wildman–Crippen MR) is 65.8 cm³/mol. The van der Waals surface area contributed by atoms with Crippen LogP contribution in [-0.4, -0.2) is 15.6 Å². The van der Waals surface area contributed by atoms with Crippen LogP contribution < -0.4 is 0 Å². The van der Waals surface area contributed by atoms with Crippen molar-refractivity contribution in [1.29, 1.82) is 0 Å². The molecule has 0 radical (unpaired) electrons. The second-order valence-electron chi connectivity index (χ2n) is 5.59. The monoisotopic (exact) mass is 232 g/mol. The molecule has 0 N–H and O–H groups in total. The first kappa shape index (κ1) is 11.0. The average molecular weight is 232 g/mol. The summed E-state index contributed by atoms with van der Waals surface area (Å²) < 4.78 is 1.82. The number of aromatic nitrogens is 2. The normalized spacial score (nSPS) is 31.0. The summed E-state index contributed by atoms with van der Waals surface area (Å²) in [4.78, 5) is 12.3. The first-order valence-electron chi connectivity index (χ1n) is 6.83. The van der Waals surface area contributed by atoms with Gasteiger partial charge in [-0.3, -0.25) is 9.48 Å². The van der Waals surface area contributed by atoms with Gasteiger partial charge in [-0.1, -0.05) is 6.42 Å². The maximum atomic E-state index is 12.3. The van der Waals surface area contributed by atoms with Gasteiger partial charge in [-0.05, 0) is 50.0 Å². The summed E-state index contributed by atoms with van der Waals surface area (Å²) in [5.41, 5.74) is 0.801. The van der Waals surface area contributed by atoms with Gasteiger partial charge in [-0.25, -0.2) is 0 Å². The standard InChI is InChI=1S/C14H20N2O/c1-2-16-13(5-6-15-16)14(17)9-12-8-10-3-4-11(12)7-10/h5-6,10-12H,2-4,7-9H2,1H3. The fraction of sp³-hybridized carbons (Fsp3) is 0.714. The second kappa shape index (κ2) is 4.28. The number of carbonyl (C=O) groups is 1. The molecule has 2 fully saturated rings.